The highest BCUT2D eigenvalue weighted by molar-refractivity contribution is 6.06. The lowest BCUT2D eigenvalue weighted by molar-refractivity contribution is -0.470. The maximum atomic E-state index is 10.2. The Hall–Kier alpha value is -4.34. The summed E-state index contributed by atoms with van der Waals surface area (Å²) in [4.78, 5) is 27.1. The molecule has 0 spiro atoms. The van der Waals surface area contributed by atoms with Crippen molar-refractivity contribution in [2.75, 3.05) is 19.3 Å². The number of allylic oxidation sites excluding steroid dienone is 1. The number of aromatic nitrogens is 1. The second-order valence-electron chi connectivity index (χ2n) is 6.08. The van der Waals surface area contributed by atoms with Gasteiger partial charge in [-0.15, -0.1) is 0 Å². The van der Waals surface area contributed by atoms with E-state index in [0.29, 0.717) is 0 Å². The molecule has 10 heteroatoms. The van der Waals surface area contributed by atoms with Crippen molar-refractivity contribution >= 4 is 33.3 Å². The summed E-state index contributed by atoms with van der Waals surface area (Å²) in [6, 6.07) is 15.9. The minimum atomic E-state index is -0.761. The van der Waals surface area contributed by atoms with Gasteiger partial charge in [0.25, 0.3) is 5.70 Å². The summed E-state index contributed by atoms with van der Waals surface area (Å²) >= 11 is 0. The fourth-order valence-corrected chi connectivity index (χ4v) is 2.61. The van der Waals surface area contributed by atoms with E-state index in [9.17, 15) is 20.2 Å². The number of amidine groups is 1. The molecule has 2 aromatic carbocycles. The van der Waals surface area contributed by atoms with E-state index in [4.69, 9.17) is 11.5 Å². The van der Waals surface area contributed by atoms with E-state index >= 15 is 0 Å². The minimum Gasteiger partial charge on any atom is -0.398 e. The summed E-state index contributed by atoms with van der Waals surface area (Å²) in [7, 11) is 1.33. The Bertz CT molecular complexity index is 1130. The molecule has 0 aliphatic rings. The summed E-state index contributed by atoms with van der Waals surface area (Å²) in [5, 5.41) is 22.5. The van der Waals surface area contributed by atoms with Crippen LogP contribution in [0.2, 0.25) is 0 Å². The van der Waals surface area contributed by atoms with Crippen molar-refractivity contribution in [1.82, 2.24) is 4.98 Å². The summed E-state index contributed by atoms with van der Waals surface area (Å²) in [6.45, 7) is 2.48. The van der Waals surface area contributed by atoms with Gasteiger partial charge in [0.1, 0.15) is 5.84 Å². The number of nitrogens with two attached hydrogens (primary N) is 2. The third-order valence-electron chi connectivity index (χ3n) is 4.07. The fraction of sp³-hybridized carbons (Fsp3) is 0.100. The van der Waals surface area contributed by atoms with Gasteiger partial charge >= 0.3 is 0 Å². The first-order chi connectivity index (χ1) is 14.2. The van der Waals surface area contributed by atoms with Crippen LogP contribution in [-0.2, 0) is 0 Å². The predicted molar refractivity (Wildman–Crippen MR) is 117 cm³/mol. The summed E-state index contributed by atoms with van der Waals surface area (Å²) in [5.74, 6) is -0.116. The van der Waals surface area contributed by atoms with E-state index < -0.39 is 22.1 Å². The number of aliphatic imine (C=N–C) groups is 1. The molecule has 0 atom stereocenters. The number of hydrogen-bond acceptors (Lipinski definition) is 7. The highest BCUT2D eigenvalue weighted by Crippen LogP contribution is 2.27. The van der Waals surface area contributed by atoms with Crippen LogP contribution in [0.15, 0.2) is 77.4 Å². The van der Waals surface area contributed by atoms with E-state index in [-0.39, 0.29) is 11.4 Å². The van der Waals surface area contributed by atoms with Gasteiger partial charge in [0, 0.05) is 28.8 Å². The minimum absolute atomic E-state index is 0.0378. The summed E-state index contributed by atoms with van der Waals surface area (Å²) in [6.07, 6.45) is 0.936. The van der Waals surface area contributed by atoms with Crippen LogP contribution in [0.5, 0.6) is 0 Å². The molecule has 0 bridgehead atoms. The van der Waals surface area contributed by atoms with Crippen LogP contribution in [0.25, 0.3) is 21.8 Å². The molecular formula is C20H20N6O4. The number of nitrogens with zero attached hydrogens (tertiary/aromatic N) is 4. The molecule has 0 saturated heterocycles. The van der Waals surface area contributed by atoms with Gasteiger partial charge in [0.05, 0.1) is 27.2 Å². The second-order valence-corrected chi connectivity index (χ2v) is 6.08. The van der Waals surface area contributed by atoms with Gasteiger partial charge in [-0.25, -0.2) is 4.98 Å². The maximum Gasteiger partial charge on any atom is 0.262 e. The lowest BCUT2D eigenvalue weighted by atomic mass is 10.1. The fourth-order valence-electron chi connectivity index (χ4n) is 2.61. The molecular weight excluding hydrogens is 388 g/mol. The third kappa shape index (κ3) is 5.35. The molecule has 0 aliphatic heterocycles. The number of nitrogen functional groups attached to an aromatic ring is 1. The van der Waals surface area contributed by atoms with E-state index in [1.807, 2.05) is 48.5 Å². The van der Waals surface area contributed by atoms with Gasteiger partial charge in [-0.1, -0.05) is 36.4 Å². The maximum absolute atomic E-state index is 10.2. The van der Waals surface area contributed by atoms with Crippen LogP contribution >= 0.6 is 0 Å². The normalized spacial score (nSPS) is 11.6. The zero-order valence-corrected chi connectivity index (χ0v) is 16.2. The van der Waals surface area contributed by atoms with Gasteiger partial charge < -0.3 is 11.5 Å². The van der Waals surface area contributed by atoms with Gasteiger partial charge in [-0.2, -0.15) is 0 Å². The number of benzene rings is 2. The zero-order chi connectivity index (χ0) is 22.3. The smallest absolute Gasteiger partial charge is 0.262 e. The molecule has 10 nitrogen and oxygen atoms in total. The summed E-state index contributed by atoms with van der Waals surface area (Å²) < 4.78 is 0. The Morgan fingerprint density at radius 2 is 1.60 bits per heavy atom. The Morgan fingerprint density at radius 3 is 2.03 bits per heavy atom. The number of nitro groups is 2. The van der Waals surface area contributed by atoms with Crippen LogP contribution < -0.4 is 11.5 Å². The van der Waals surface area contributed by atoms with Crippen LogP contribution in [0.3, 0.4) is 0 Å². The van der Waals surface area contributed by atoms with Gasteiger partial charge in [0.15, 0.2) is 0 Å². The highest BCUT2D eigenvalue weighted by Gasteiger charge is 2.14. The number of hydrogen-bond donors (Lipinski definition) is 2. The molecule has 3 aromatic rings. The van der Waals surface area contributed by atoms with E-state index in [2.05, 4.69) is 16.6 Å². The van der Waals surface area contributed by atoms with Crippen LogP contribution in [0.4, 0.5) is 5.69 Å². The topological polar surface area (TPSA) is 164 Å². The van der Waals surface area contributed by atoms with E-state index in [1.165, 1.54) is 7.05 Å². The third-order valence-corrected chi connectivity index (χ3v) is 4.07. The highest BCUT2D eigenvalue weighted by atomic mass is 16.6. The summed E-state index contributed by atoms with van der Waals surface area (Å²) in [5.41, 5.74) is 13.7. The molecule has 1 aromatic heterocycles. The number of pyridine rings is 1. The molecule has 0 saturated carbocycles. The molecule has 3 rings (SSSR count). The Kier molecular flexibility index (Phi) is 7.12. The first kappa shape index (κ1) is 22.0. The van der Waals surface area contributed by atoms with Crippen molar-refractivity contribution in [3.8, 4) is 0 Å². The Morgan fingerprint density at radius 1 is 1.10 bits per heavy atom. The molecule has 0 radical (unpaired) electrons. The molecule has 0 unspecified atom stereocenters. The molecule has 0 aliphatic carbocycles. The quantitative estimate of drug-likeness (QED) is 0.164. The zero-order valence-electron chi connectivity index (χ0n) is 16.2. The van der Waals surface area contributed by atoms with Crippen LogP contribution in [-0.4, -0.2) is 34.3 Å². The second kappa shape index (κ2) is 9.73. The average molecular weight is 408 g/mol. The molecule has 4 N–H and O–H groups in total. The number of rotatable bonds is 5. The monoisotopic (exact) mass is 408 g/mol. The van der Waals surface area contributed by atoms with Crippen molar-refractivity contribution < 1.29 is 9.85 Å². The number of fused-ring (bicyclic) bond motifs is 2. The molecule has 154 valence electrons. The van der Waals surface area contributed by atoms with Crippen molar-refractivity contribution in [3.05, 3.63) is 92.7 Å². The average Bonchev–Trinajstić information content (AvgIpc) is 2.73. The van der Waals surface area contributed by atoms with Crippen molar-refractivity contribution in [2.24, 2.45) is 10.7 Å². The molecule has 0 amide bonds. The number of anilines is 1. The predicted octanol–water partition coefficient (Wildman–Crippen LogP) is 2.94. The first-order valence-corrected chi connectivity index (χ1v) is 8.65. The lowest BCUT2D eigenvalue weighted by Gasteiger charge is -2.05. The van der Waals surface area contributed by atoms with Gasteiger partial charge in [0.2, 0.25) is 6.54 Å². The van der Waals surface area contributed by atoms with E-state index in [0.717, 1.165) is 33.6 Å². The van der Waals surface area contributed by atoms with Crippen molar-refractivity contribution in [1.29, 1.82) is 0 Å². The number of para-hydroxylation sites is 2. The van der Waals surface area contributed by atoms with Gasteiger partial charge in [-0.3, -0.25) is 25.2 Å². The molecule has 0 fully saturated rings. The Balaban J connectivity index is 0.000000214. The SMILES string of the molecule is C=C(/C=C(/C[N+](=O)[O-])C(N)=NC)[N+](=O)[O-].Nc1c2ccccc2nc2ccccc12. The van der Waals surface area contributed by atoms with E-state index in [1.54, 1.807) is 0 Å². The molecule has 30 heavy (non-hydrogen) atoms. The van der Waals surface area contributed by atoms with Crippen molar-refractivity contribution in [3.63, 3.8) is 0 Å². The molecule has 1 heterocycles. The Labute approximate surface area is 171 Å². The largest absolute Gasteiger partial charge is 0.398 e. The van der Waals surface area contributed by atoms with Crippen LogP contribution in [0, 0.1) is 20.2 Å². The van der Waals surface area contributed by atoms with Crippen molar-refractivity contribution in [2.45, 2.75) is 0 Å². The standard InChI is InChI=1S/C13H10N2.C7H10N4O4/c14-13-9-5-1-3-7-11(9)15-12-8-4-2-6-10(12)13;1-5(11(14)15)3-6(4-10(12)13)7(8)9-2/h1-8H,(H2,14,15);3H,1,4H2,2H3,(H2,8,9)/b;6-3-. The van der Waals surface area contributed by atoms with Gasteiger partial charge in [-0.05, 0) is 18.7 Å². The lowest BCUT2D eigenvalue weighted by Crippen LogP contribution is -2.21. The first-order valence-electron chi connectivity index (χ1n) is 8.65. The van der Waals surface area contributed by atoms with Crippen LogP contribution in [0.1, 0.15) is 0 Å².